The van der Waals surface area contributed by atoms with Crippen LogP contribution in [0, 0.1) is 11.8 Å². The van der Waals surface area contributed by atoms with Gasteiger partial charge >= 0.3 is 0 Å². The van der Waals surface area contributed by atoms with Gasteiger partial charge in [0.05, 0.1) is 36.3 Å². The summed E-state index contributed by atoms with van der Waals surface area (Å²) >= 11 is 0. The first-order valence-corrected chi connectivity index (χ1v) is 21.2. The molecular weight excluding hydrogens is 698 g/mol. The van der Waals surface area contributed by atoms with Crippen LogP contribution < -0.4 is 18.9 Å². The summed E-state index contributed by atoms with van der Waals surface area (Å²) in [5.41, 5.74) is -1.68. The smallest absolute Gasteiger partial charge is 0.181 e. The Morgan fingerprint density at radius 3 is 1.76 bits per heavy atom. The zero-order valence-corrected chi connectivity index (χ0v) is 32.0. The van der Waals surface area contributed by atoms with E-state index < -0.39 is 51.7 Å². The van der Waals surface area contributed by atoms with Crippen molar-refractivity contribution in [2.75, 3.05) is 40.4 Å². The highest BCUT2D eigenvalue weighted by Gasteiger charge is 2.80. The minimum atomic E-state index is -1.55. The lowest BCUT2D eigenvalue weighted by atomic mass is 9.46. The summed E-state index contributed by atoms with van der Waals surface area (Å²) in [5.74, 6) is 4.11. The van der Waals surface area contributed by atoms with Crippen molar-refractivity contribution in [3.8, 4) is 23.0 Å². The topological polar surface area (TPSA) is 126 Å². The number of fused-ring (bicyclic) bond motifs is 1. The number of methoxy groups -OCH3 is 2. The van der Waals surface area contributed by atoms with Gasteiger partial charge in [-0.1, -0.05) is 12.1 Å². The second kappa shape index (κ2) is 10.4. The van der Waals surface area contributed by atoms with Gasteiger partial charge in [-0.05, 0) is 125 Å². The van der Waals surface area contributed by atoms with E-state index in [1.54, 1.807) is 14.2 Å². The monoisotopic (exact) mass is 751 g/mol. The molecule has 4 bridgehead atoms. The maximum Gasteiger partial charge on any atom is 0.181 e. The van der Waals surface area contributed by atoms with E-state index in [2.05, 4.69) is 21.9 Å². The Bertz CT molecular complexity index is 2070. The molecule has 3 N–H and O–H groups in total. The van der Waals surface area contributed by atoms with Crippen LogP contribution in [-0.4, -0.2) is 125 Å². The second-order valence-electron chi connectivity index (χ2n) is 19.6. The second-order valence-corrected chi connectivity index (χ2v) is 19.6. The first-order chi connectivity index (χ1) is 26.6. The van der Waals surface area contributed by atoms with Crippen LogP contribution in [0.4, 0.5) is 0 Å². The largest absolute Gasteiger partial charge is 0.493 e. The predicted octanol–water partition coefficient (Wildman–Crippen LogP) is 3.43. The Morgan fingerprint density at radius 1 is 0.691 bits per heavy atom. The van der Waals surface area contributed by atoms with Crippen molar-refractivity contribution in [2.45, 2.75) is 141 Å². The van der Waals surface area contributed by atoms with E-state index in [0.29, 0.717) is 48.8 Å². The number of ether oxygens (including phenoxy) is 5. The van der Waals surface area contributed by atoms with Crippen LogP contribution in [-0.2, 0) is 28.4 Å². The SMILES string of the molecule is COc1ccc2c3c1O[C@@H]1[C@]34CCN(CC3CC3)[C@@H](C2)[C@]4(O)CC[C@@]12C=N[C@H]([C@]1(O)CC[C@@]3(O)[C@H]4Cc5ccc(OC)c6c5[C@@]3(CCN4CC3CC3)[C@H]1O6)O2. The normalized spacial score (nSPS) is 46.6. The number of aliphatic imine (C=N–C) groups is 1. The molecule has 55 heavy (non-hydrogen) atoms. The van der Waals surface area contributed by atoms with Gasteiger partial charge in [-0.25, -0.2) is 0 Å². The quantitative estimate of drug-likeness (QED) is 0.388. The molecule has 11 aliphatic rings. The van der Waals surface area contributed by atoms with Gasteiger partial charge < -0.3 is 39.0 Å². The molecule has 11 atom stereocenters. The molecule has 0 aromatic heterocycles. The van der Waals surface area contributed by atoms with E-state index in [4.69, 9.17) is 28.7 Å². The molecule has 0 amide bonds. The lowest BCUT2D eigenvalue weighted by molar-refractivity contribution is -0.280. The van der Waals surface area contributed by atoms with Crippen molar-refractivity contribution in [1.29, 1.82) is 0 Å². The van der Waals surface area contributed by atoms with Gasteiger partial charge in [-0.3, -0.25) is 14.8 Å². The van der Waals surface area contributed by atoms with E-state index in [1.165, 1.54) is 36.8 Å². The van der Waals surface area contributed by atoms with E-state index in [1.807, 2.05) is 18.3 Å². The maximum atomic E-state index is 13.4. The van der Waals surface area contributed by atoms with Gasteiger partial charge in [-0.2, -0.15) is 0 Å². The number of nitrogens with zero attached hydrogens (tertiary/aromatic N) is 3. The summed E-state index contributed by atoms with van der Waals surface area (Å²) in [6, 6.07) is 8.27. The molecule has 4 saturated carbocycles. The van der Waals surface area contributed by atoms with Crippen LogP contribution in [0.25, 0.3) is 0 Å². The Kier molecular flexibility index (Phi) is 6.24. The fraction of sp³-hybridized carbons (Fsp3) is 0.705. The summed E-state index contributed by atoms with van der Waals surface area (Å²) in [6.45, 7) is 3.78. The third-order valence-corrected chi connectivity index (χ3v) is 17.3. The fourth-order valence-electron chi connectivity index (χ4n) is 14.5. The van der Waals surface area contributed by atoms with E-state index >= 15 is 0 Å². The molecule has 0 radical (unpaired) electrons. The zero-order valence-electron chi connectivity index (χ0n) is 32.0. The number of benzene rings is 2. The van der Waals surface area contributed by atoms with Crippen molar-refractivity contribution in [1.82, 2.24) is 9.80 Å². The third kappa shape index (κ3) is 3.71. The highest BCUT2D eigenvalue weighted by molar-refractivity contribution is 5.76. The molecule has 292 valence electrons. The molecule has 5 aliphatic heterocycles. The van der Waals surface area contributed by atoms with E-state index in [-0.39, 0.29) is 18.5 Å². The molecule has 11 heteroatoms. The van der Waals surface area contributed by atoms with Crippen LogP contribution in [0.15, 0.2) is 29.3 Å². The van der Waals surface area contributed by atoms with Gasteiger partial charge in [0.2, 0.25) is 0 Å². The molecule has 2 aromatic carbocycles. The van der Waals surface area contributed by atoms with Gasteiger partial charge in [0.15, 0.2) is 29.2 Å². The average Bonchev–Trinajstić information content (AvgIpc) is 4.07. The summed E-state index contributed by atoms with van der Waals surface area (Å²) in [5, 5.41) is 39.8. The third-order valence-electron chi connectivity index (χ3n) is 17.3. The molecular formula is C44H53N3O8. The van der Waals surface area contributed by atoms with E-state index in [0.717, 1.165) is 68.2 Å². The van der Waals surface area contributed by atoms with Crippen molar-refractivity contribution in [2.24, 2.45) is 16.8 Å². The summed E-state index contributed by atoms with van der Waals surface area (Å²) in [6.07, 6.45) is 9.41. The molecule has 5 heterocycles. The first-order valence-electron chi connectivity index (χ1n) is 21.2. The molecule has 3 spiro atoms. The number of likely N-dealkylation sites (tertiary alicyclic amines) is 2. The standard InChI is InChI=1S/C44H53N3O8/c1-51-28-9-7-26-19-30-43(49)13-11-39(36-40(43,32(26)34(28)53-36)15-17-46(30)21-24-3-4-24)23-45-38(55-39)42(48)12-14-44(50)31-20-27-8-10-29(52-2)35-33(27)41(44,37(42)54-35)16-18-47(31)22-25-5-6-25/h7-10,23-25,30-31,36-38,48-50H,3-6,11-22H2,1-2H3/t30-,31+,36-,37+,38-,39+,40-,41-,42-,43+,44+/m0/s1. The van der Waals surface area contributed by atoms with Crippen LogP contribution in [0.1, 0.15) is 86.5 Å². The Balaban J connectivity index is 0.898. The summed E-state index contributed by atoms with van der Waals surface area (Å²) in [4.78, 5) is 10.3. The van der Waals surface area contributed by atoms with E-state index in [9.17, 15) is 15.3 Å². The van der Waals surface area contributed by atoms with Crippen molar-refractivity contribution < 1.29 is 39.0 Å². The summed E-state index contributed by atoms with van der Waals surface area (Å²) < 4.78 is 33.3. The molecule has 0 unspecified atom stereocenters. The lowest BCUT2D eigenvalue weighted by Crippen LogP contribution is -2.81. The van der Waals surface area contributed by atoms with Gasteiger partial charge in [0, 0.05) is 42.5 Å². The Morgan fingerprint density at radius 2 is 1.22 bits per heavy atom. The molecule has 6 fully saturated rings. The van der Waals surface area contributed by atoms with Crippen LogP contribution >= 0.6 is 0 Å². The van der Waals surface area contributed by atoms with Gasteiger partial charge in [0.25, 0.3) is 0 Å². The fourth-order valence-corrected chi connectivity index (χ4v) is 14.5. The van der Waals surface area contributed by atoms with Crippen molar-refractivity contribution >= 4 is 6.21 Å². The highest BCUT2D eigenvalue weighted by atomic mass is 16.6. The molecule has 2 aromatic rings. The Labute approximate surface area is 321 Å². The average molecular weight is 752 g/mol. The Hall–Kier alpha value is -2.93. The predicted molar refractivity (Wildman–Crippen MR) is 200 cm³/mol. The minimum absolute atomic E-state index is 0.00909. The first kappa shape index (κ1) is 33.1. The number of hydrogen-bond donors (Lipinski definition) is 3. The van der Waals surface area contributed by atoms with Crippen molar-refractivity contribution in [3.63, 3.8) is 0 Å². The minimum Gasteiger partial charge on any atom is -0.493 e. The lowest BCUT2D eigenvalue weighted by Gasteiger charge is -2.66. The molecule has 11 nitrogen and oxygen atoms in total. The number of hydrogen-bond acceptors (Lipinski definition) is 11. The maximum absolute atomic E-state index is 13.4. The molecule has 13 rings (SSSR count). The molecule has 2 saturated heterocycles. The number of rotatable bonds is 7. The molecule has 6 aliphatic carbocycles. The van der Waals surface area contributed by atoms with Crippen LogP contribution in [0.2, 0.25) is 0 Å². The zero-order chi connectivity index (χ0) is 36.9. The summed E-state index contributed by atoms with van der Waals surface area (Å²) in [7, 11) is 3.34. The van der Waals surface area contributed by atoms with Crippen LogP contribution in [0.5, 0.6) is 23.0 Å². The van der Waals surface area contributed by atoms with Gasteiger partial charge in [0.1, 0.15) is 23.4 Å². The van der Waals surface area contributed by atoms with Gasteiger partial charge in [-0.15, -0.1) is 0 Å². The van der Waals surface area contributed by atoms with Crippen molar-refractivity contribution in [3.05, 3.63) is 46.5 Å². The number of piperidine rings is 2. The number of aliphatic hydroxyl groups is 3. The van der Waals surface area contributed by atoms with Crippen LogP contribution in [0.3, 0.4) is 0 Å². The highest BCUT2D eigenvalue weighted by Crippen LogP contribution is 2.71.